The lowest BCUT2D eigenvalue weighted by Gasteiger charge is -2.38. The average molecular weight is 570 g/mol. The number of hydrogen-bond donors (Lipinski definition) is 1. The molecule has 5 atom stereocenters. The topological polar surface area (TPSA) is 90.4 Å². The largest absolute Gasteiger partial charge is 0.396 e. The first kappa shape index (κ1) is 28.4. The number of nitrogens with zero attached hydrogens (tertiary/aromatic N) is 3. The van der Waals surface area contributed by atoms with E-state index in [0.29, 0.717) is 32.5 Å². The number of aliphatic hydroxyl groups excluding tert-OH is 1. The van der Waals surface area contributed by atoms with Crippen LogP contribution in [0, 0.1) is 25.7 Å². The second-order valence-electron chi connectivity index (χ2n) is 11.9. The van der Waals surface area contributed by atoms with Crippen LogP contribution in [0.5, 0.6) is 0 Å². The van der Waals surface area contributed by atoms with Crippen LogP contribution in [0.2, 0.25) is 0 Å². The highest BCUT2D eigenvalue weighted by Gasteiger charge is 2.75. The van der Waals surface area contributed by atoms with Crippen molar-refractivity contribution in [2.45, 2.75) is 57.4 Å². The number of anilines is 1. The van der Waals surface area contributed by atoms with Gasteiger partial charge in [-0.2, -0.15) is 0 Å². The Bertz CT molecular complexity index is 1430. The van der Waals surface area contributed by atoms with Crippen LogP contribution in [0.4, 0.5) is 5.69 Å². The summed E-state index contributed by atoms with van der Waals surface area (Å²) in [5.74, 6) is -2.29. The van der Waals surface area contributed by atoms with E-state index in [1.807, 2.05) is 93.6 Å². The number of fused-ring (bicyclic) bond motifs is 2. The number of para-hydroxylation sites is 1. The molecular weight excluding hydrogens is 530 g/mol. The summed E-state index contributed by atoms with van der Waals surface area (Å²) in [6.45, 7) is 7.18. The zero-order valence-electron chi connectivity index (χ0n) is 24.5. The zero-order chi connectivity index (χ0) is 29.6. The van der Waals surface area contributed by atoms with Crippen LogP contribution >= 0.6 is 0 Å². The highest BCUT2D eigenvalue weighted by Crippen LogP contribution is 2.58. The van der Waals surface area contributed by atoms with E-state index in [0.717, 1.165) is 22.4 Å². The maximum Gasteiger partial charge on any atom is 0.253 e. The Kier molecular flexibility index (Phi) is 7.31. The number of amides is 3. The van der Waals surface area contributed by atoms with Gasteiger partial charge in [-0.1, -0.05) is 79.8 Å². The number of carbonyl (C=O) groups excluding carboxylic acids is 3. The molecule has 4 heterocycles. The van der Waals surface area contributed by atoms with E-state index in [2.05, 4.69) is 0 Å². The van der Waals surface area contributed by atoms with Crippen LogP contribution in [0.25, 0.3) is 0 Å². The van der Waals surface area contributed by atoms with Crippen LogP contribution in [-0.2, 0) is 25.7 Å². The Hall–Kier alpha value is -3.75. The Morgan fingerprint density at radius 3 is 2.29 bits per heavy atom. The molecule has 6 rings (SSSR count). The van der Waals surface area contributed by atoms with Gasteiger partial charge in [-0.05, 0) is 43.4 Å². The summed E-state index contributed by atoms with van der Waals surface area (Å²) < 4.78 is 7.05. The second-order valence-corrected chi connectivity index (χ2v) is 11.9. The molecule has 4 aliphatic rings. The van der Waals surface area contributed by atoms with Gasteiger partial charge in [-0.3, -0.25) is 14.4 Å². The molecule has 0 radical (unpaired) electrons. The van der Waals surface area contributed by atoms with E-state index >= 15 is 0 Å². The summed E-state index contributed by atoms with van der Waals surface area (Å²) in [5.41, 5.74) is 1.42. The van der Waals surface area contributed by atoms with Crippen LogP contribution in [0.3, 0.4) is 0 Å². The predicted octanol–water partition coefficient (Wildman–Crippen LogP) is 3.55. The van der Waals surface area contributed by atoms with Gasteiger partial charge in [-0.25, -0.2) is 0 Å². The highest BCUT2D eigenvalue weighted by molar-refractivity contribution is 6.06. The number of ether oxygens (including phenoxy) is 1. The molecule has 1 N–H and O–H groups in total. The minimum Gasteiger partial charge on any atom is -0.396 e. The van der Waals surface area contributed by atoms with Crippen LogP contribution in [0.15, 0.2) is 72.8 Å². The lowest BCUT2D eigenvalue weighted by molar-refractivity contribution is -0.150. The fourth-order valence-corrected chi connectivity index (χ4v) is 7.67. The van der Waals surface area contributed by atoms with Gasteiger partial charge in [0.1, 0.15) is 11.6 Å². The predicted molar refractivity (Wildman–Crippen MR) is 159 cm³/mol. The average Bonchev–Trinajstić information content (AvgIpc) is 3.27. The lowest BCUT2D eigenvalue weighted by Crippen LogP contribution is -2.56. The number of aryl methyl sites for hydroxylation is 2. The number of aliphatic hydroxyl groups is 1. The van der Waals surface area contributed by atoms with Gasteiger partial charge >= 0.3 is 0 Å². The number of hydrogen-bond acceptors (Lipinski definition) is 5. The summed E-state index contributed by atoms with van der Waals surface area (Å²) in [4.78, 5) is 48.8. The fourth-order valence-electron chi connectivity index (χ4n) is 7.67. The molecule has 8 nitrogen and oxygen atoms in total. The van der Waals surface area contributed by atoms with Crippen molar-refractivity contribution >= 4 is 23.4 Å². The molecule has 220 valence electrons. The third kappa shape index (κ3) is 4.23. The lowest BCUT2D eigenvalue weighted by atomic mass is 9.73. The van der Waals surface area contributed by atoms with Gasteiger partial charge in [-0.15, -0.1) is 0 Å². The monoisotopic (exact) mass is 569 g/mol. The smallest absolute Gasteiger partial charge is 0.253 e. The number of rotatable bonds is 7. The fraction of sp³-hybridized carbons (Fsp3) is 0.441. The molecule has 0 bridgehead atoms. The highest BCUT2D eigenvalue weighted by atomic mass is 16.5. The Labute approximate surface area is 247 Å². The molecule has 3 amide bonds. The molecule has 2 aromatic carbocycles. The molecule has 4 aliphatic heterocycles. The van der Waals surface area contributed by atoms with Crippen molar-refractivity contribution < 1.29 is 24.2 Å². The van der Waals surface area contributed by atoms with Crippen LogP contribution in [0.1, 0.15) is 36.5 Å². The van der Waals surface area contributed by atoms with Crippen molar-refractivity contribution in [1.29, 1.82) is 0 Å². The molecule has 1 spiro atoms. The molecule has 8 heteroatoms. The quantitative estimate of drug-likeness (QED) is 0.516. The molecule has 0 aromatic heterocycles. The van der Waals surface area contributed by atoms with Crippen molar-refractivity contribution in [3.8, 4) is 0 Å². The Balaban J connectivity index is 1.46. The first-order valence-corrected chi connectivity index (χ1v) is 14.9. The van der Waals surface area contributed by atoms with E-state index < -0.39 is 29.1 Å². The van der Waals surface area contributed by atoms with E-state index in [1.54, 1.807) is 14.7 Å². The van der Waals surface area contributed by atoms with Gasteiger partial charge in [0.2, 0.25) is 11.8 Å². The summed E-state index contributed by atoms with van der Waals surface area (Å²) in [6.07, 6.45) is 8.54. The van der Waals surface area contributed by atoms with Crippen LogP contribution < -0.4 is 4.90 Å². The first-order chi connectivity index (χ1) is 20.3. The molecule has 2 fully saturated rings. The number of benzene rings is 2. The molecule has 0 saturated carbocycles. The third-order valence-electron chi connectivity index (χ3n) is 9.51. The van der Waals surface area contributed by atoms with Crippen molar-refractivity contribution in [2.24, 2.45) is 11.8 Å². The summed E-state index contributed by atoms with van der Waals surface area (Å²) in [5, 5.41) is 9.71. The Morgan fingerprint density at radius 1 is 0.881 bits per heavy atom. The maximum absolute atomic E-state index is 14.7. The van der Waals surface area contributed by atoms with Crippen molar-refractivity contribution in [3.05, 3.63) is 89.5 Å². The van der Waals surface area contributed by atoms with Gasteiger partial charge in [0.15, 0.2) is 0 Å². The van der Waals surface area contributed by atoms with Gasteiger partial charge < -0.3 is 24.5 Å². The third-order valence-corrected chi connectivity index (χ3v) is 9.51. The Morgan fingerprint density at radius 2 is 1.60 bits per heavy atom. The molecule has 2 saturated heterocycles. The summed E-state index contributed by atoms with van der Waals surface area (Å²) in [7, 11) is 0. The zero-order valence-corrected chi connectivity index (χ0v) is 24.5. The van der Waals surface area contributed by atoms with E-state index in [1.165, 1.54) is 0 Å². The molecule has 2 aromatic rings. The van der Waals surface area contributed by atoms with Crippen molar-refractivity contribution in [1.82, 2.24) is 9.80 Å². The van der Waals surface area contributed by atoms with Crippen LogP contribution in [-0.4, -0.2) is 76.1 Å². The molecule has 42 heavy (non-hydrogen) atoms. The van der Waals surface area contributed by atoms with Crippen molar-refractivity contribution in [3.63, 3.8) is 0 Å². The van der Waals surface area contributed by atoms with Gasteiger partial charge in [0, 0.05) is 38.5 Å². The molecular formula is C34H39N3O5. The van der Waals surface area contributed by atoms with E-state index in [4.69, 9.17) is 4.74 Å². The van der Waals surface area contributed by atoms with Crippen molar-refractivity contribution in [2.75, 3.05) is 31.1 Å². The molecule has 1 unspecified atom stereocenters. The van der Waals surface area contributed by atoms with Gasteiger partial charge in [0.25, 0.3) is 5.91 Å². The molecule has 0 aliphatic carbocycles. The normalized spacial score (nSPS) is 30.3. The number of likely N-dealkylation sites (tertiary alicyclic amines) is 1. The van der Waals surface area contributed by atoms with E-state index in [-0.39, 0.29) is 30.9 Å². The summed E-state index contributed by atoms with van der Waals surface area (Å²) >= 11 is 0. The van der Waals surface area contributed by atoms with E-state index in [9.17, 15) is 19.5 Å². The number of carbonyl (C=O) groups is 3. The minimum atomic E-state index is -1.31. The maximum atomic E-state index is 14.7. The first-order valence-electron chi connectivity index (χ1n) is 14.9. The second kappa shape index (κ2) is 10.8. The minimum absolute atomic E-state index is 0.117. The SMILES string of the molecule is CC[C@]12C=CCN(Cc3ccccc3)C(=O)[C@H]1[C@H]1C(=O)N(CCCO)C3C(=O)N(c4c(C)cccc4C)CC=C[C@@]31O2. The standard InChI is InChI=1S/C34H39N3O5/c1-4-33-16-9-18-35(22-25-14-6-5-7-15-25)30(39)26(33)27-31(40)37(20-11-21-38)29-32(41)36(19-10-17-34(27,29)42-33)28-23(2)12-8-13-24(28)3/h5-10,12-17,26-27,29,38H,4,11,18-22H2,1-3H3/t26-,27+,29?,33+,34+/m1/s1. The summed E-state index contributed by atoms with van der Waals surface area (Å²) in [6, 6.07) is 14.8. The van der Waals surface area contributed by atoms with Gasteiger partial charge in [0.05, 0.1) is 17.4 Å².